The molecule has 0 saturated heterocycles. The van der Waals surface area contributed by atoms with Gasteiger partial charge in [0.25, 0.3) is 11.8 Å². The van der Waals surface area contributed by atoms with Crippen molar-refractivity contribution in [1.29, 1.82) is 0 Å². The van der Waals surface area contributed by atoms with Crippen molar-refractivity contribution in [2.24, 2.45) is 37.0 Å². The van der Waals surface area contributed by atoms with Crippen LogP contribution in [0.2, 0.25) is 0 Å². The number of amides is 2. The summed E-state index contributed by atoms with van der Waals surface area (Å²) in [5.41, 5.74) is 4.41. The highest BCUT2D eigenvalue weighted by atomic mass is 16.2. The molecule has 2 amide bonds. The Morgan fingerprint density at radius 1 is 1.02 bits per heavy atom. The van der Waals surface area contributed by atoms with Crippen molar-refractivity contribution in [2.45, 2.75) is 106 Å². The number of nitrogens with zero attached hydrogens (tertiary/aromatic N) is 6. The standard InChI is InChI=1S/C36H49N7O2/c1-23-19-27(20-24(2)40-23)31-33(45)43(36(41-31)17-13-28(14-18-36)35(6,7)8)29(15-16-34(3,4)5)25-9-11-26(12-10-25)32(44)37-21-30-38-22-39-42-30/h9-12,19-20,28-29H,13-18,21-22H2,1-8H3,(H,37,44)/t28?,29-,36?/m1/s1. The molecule has 1 spiro atoms. The van der Waals surface area contributed by atoms with E-state index in [1.807, 2.05) is 50.2 Å². The third kappa shape index (κ3) is 7.39. The summed E-state index contributed by atoms with van der Waals surface area (Å²) >= 11 is 0. The van der Waals surface area contributed by atoms with E-state index in [9.17, 15) is 9.59 Å². The lowest BCUT2D eigenvalue weighted by Gasteiger charge is -2.47. The summed E-state index contributed by atoms with van der Waals surface area (Å²) in [4.78, 5) is 43.8. The van der Waals surface area contributed by atoms with Crippen LogP contribution in [0, 0.1) is 30.6 Å². The summed E-state index contributed by atoms with van der Waals surface area (Å²) < 4.78 is 0. The Morgan fingerprint density at radius 3 is 2.22 bits per heavy atom. The van der Waals surface area contributed by atoms with E-state index < -0.39 is 5.66 Å². The Balaban J connectivity index is 1.50. The van der Waals surface area contributed by atoms with E-state index in [1.54, 1.807) is 0 Å². The van der Waals surface area contributed by atoms with Crippen LogP contribution < -0.4 is 5.32 Å². The number of aromatic nitrogens is 1. The predicted octanol–water partition coefficient (Wildman–Crippen LogP) is 7.38. The molecule has 45 heavy (non-hydrogen) atoms. The molecular weight excluding hydrogens is 562 g/mol. The number of pyridine rings is 1. The van der Waals surface area contributed by atoms with Crippen LogP contribution in [0.4, 0.5) is 0 Å². The van der Waals surface area contributed by atoms with Gasteiger partial charge in [-0.05, 0) is 98.9 Å². The number of carbonyl (C=O) groups excluding carboxylic acids is 2. The lowest BCUT2D eigenvalue weighted by molar-refractivity contribution is -0.134. The zero-order valence-corrected chi connectivity index (χ0v) is 28.3. The van der Waals surface area contributed by atoms with Crippen molar-refractivity contribution >= 4 is 23.4 Å². The third-order valence-electron chi connectivity index (χ3n) is 9.50. The van der Waals surface area contributed by atoms with Crippen LogP contribution in [0.5, 0.6) is 0 Å². The normalized spacial score (nSPS) is 22.5. The quantitative estimate of drug-likeness (QED) is 0.336. The van der Waals surface area contributed by atoms with Crippen molar-refractivity contribution in [3.63, 3.8) is 0 Å². The van der Waals surface area contributed by atoms with Crippen LogP contribution in [0.25, 0.3) is 0 Å². The monoisotopic (exact) mass is 611 g/mol. The number of azo groups is 1. The molecule has 1 atom stereocenters. The fraction of sp³-hybridized carbons (Fsp3) is 0.583. The second kappa shape index (κ2) is 12.6. The maximum atomic E-state index is 14.7. The third-order valence-corrected chi connectivity index (χ3v) is 9.50. The van der Waals surface area contributed by atoms with Crippen molar-refractivity contribution in [2.75, 3.05) is 13.2 Å². The first-order valence-corrected chi connectivity index (χ1v) is 16.3. The van der Waals surface area contributed by atoms with Gasteiger partial charge in [0.15, 0.2) is 12.5 Å². The second-order valence-electron chi connectivity index (χ2n) is 15.3. The first-order valence-electron chi connectivity index (χ1n) is 16.3. The number of aryl methyl sites for hydroxylation is 2. The molecule has 0 radical (unpaired) electrons. The number of rotatable bonds is 8. The van der Waals surface area contributed by atoms with E-state index in [4.69, 9.17) is 4.99 Å². The van der Waals surface area contributed by atoms with Gasteiger partial charge in [-0.25, -0.2) is 4.99 Å². The molecule has 240 valence electrons. The molecule has 3 aliphatic rings. The van der Waals surface area contributed by atoms with E-state index >= 15 is 0 Å². The summed E-state index contributed by atoms with van der Waals surface area (Å²) in [7, 11) is 0. The Bertz CT molecular complexity index is 1500. The minimum atomic E-state index is -0.603. The lowest BCUT2D eigenvalue weighted by atomic mass is 9.69. The van der Waals surface area contributed by atoms with Gasteiger partial charge in [0.1, 0.15) is 11.4 Å². The molecule has 3 heterocycles. The molecule has 2 aliphatic heterocycles. The van der Waals surface area contributed by atoms with Crippen molar-refractivity contribution in [3.8, 4) is 0 Å². The van der Waals surface area contributed by atoms with Gasteiger partial charge in [-0.2, -0.15) is 5.11 Å². The highest BCUT2D eigenvalue weighted by molar-refractivity contribution is 6.46. The van der Waals surface area contributed by atoms with Gasteiger partial charge in [0, 0.05) is 22.5 Å². The Kier molecular flexibility index (Phi) is 9.11. The minimum absolute atomic E-state index is 0.0126. The SMILES string of the molecule is Cc1cc(C2=NC3(CCC(C(C)(C)C)CC3)N([C@H](CCC(C)(C)C)c3ccc(C(=O)NCC4=NCN=N4)cc3)C2=O)cc(C)n1. The molecule has 1 aliphatic carbocycles. The number of aliphatic imine (C=N–C) groups is 2. The summed E-state index contributed by atoms with van der Waals surface area (Å²) in [5.74, 6) is 0.895. The number of carbonyl (C=O) groups is 2. The van der Waals surface area contributed by atoms with Crippen LogP contribution in [0.15, 0.2) is 56.6 Å². The number of amidine groups is 1. The number of benzene rings is 1. The minimum Gasteiger partial charge on any atom is -0.345 e. The molecule has 1 saturated carbocycles. The molecule has 0 bridgehead atoms. The van der Waals surface area contributed by atoms with Crippen molar-refractivity contribution < 1.29 is 9.59 Å². The van der Waals surface area contributed by atoms with E-state index in [1.165, 1.54) is 0 Å². The van der Waals surface area contributed by atoms with Crippen LogP contribution in [0.1, 0.15) is 119 Å². The fourth-order valence-corrected chi connectivity index (χ4v) is 6.98. The summed E-state index contributed by atoms with van der Waals surface area (Å²) in [5, 5.41) is 10.7. The predicted molar refractivity (Wildman–Crippen MR) is 179 cm³/mol. The highest BCUT2D eigenvalue weighted by Crippen LogP contribution is 2.50. The van der Waals surface area contributed by atoms with Crippen LogP contribution in [-0.4, -0.2) is 52.1 Å². The number of hydrogen-bond acceptors (Lipinski definition) is 7. The molecule has 1 aromatic heterocycles. The van der Waals surface area contributed by atoms with Gasteiger partial charge < -0.3 is 10.2 Å². The zero-order chi connectivity index (χ0) is 32.6. The highest BCUT2D eigenvalue weighted by Gasteiger charge is 2.52. The Morgan fingerprint density at radius 2 is 1.67 bits per heavy atom. The van der Waals surface area contributed by atoms with Gasteiger partial charge in [-0.1, -0.05) is 53.7 Å². The van der Waals surface area contributed by atoms with Gasteiger partial charge in [-0.15, -0.1) is 5.11 Å². The van der Waals surface area contributed by atoms with E-state index in [-0.39, 0.29) is 35.2 Å². The van der Waals surface area contributed by atoms with Crippen LogP contribution in [-0.2, 0) is 4.79 Å². The van der Waals surface area contributed by atoms with Gasteiger partial charge in [-0.3, -0.25) is 19.6 Å². The van der Waals surface area contributed by atoms with Gasteiger partial charge in [0.05, 0.1) is 12.6 Å². The summed E-state index contributed by atoms with van der Waals surface area (Å²) in [6.07, 6.45) is 5.45. The Hall–Kier alpha value is -3.75. The lowest BCUT2D eigenvalue weighted by Crippen LogP contribution is -2.51. The van der Waals surface area contributed by atoms with Gasteiger partial charge >= 0.3 is 0 Å². The van der Waals surface area contributed by atoms with Crippen molar-refractivity contribution in [1.82, 2.24) is 15.2 Å². The molecule has 2 aromatic rings. The molecule has 9 heteroatoms. The maximum Gasteiger partial charge on any atom is 0.275 e. The summed E-state index contributed by atoms with van der Waals surface area (Å²) in [6.45, 7) is 18.2. The topological polar surface area (TPSA) is 112 Å². The molecule has 1 N–H and O–H groups in total. The largest absolute Gasteiger partial charge is 0.345 e. The van der Waals surface area contributed by atoms with Crippen molar-refractivity contribution in [3.05, 3.63) is 64.5 Å². The van der Waals surface area contributed by atoms with E-state index in [0.29, 0.717) is 29.7 Å². The molecule has 1 fully saturated rings. The summed E-state index contributed by atoms with van der Waals surface area (Å²) in [6, 6.07) is 11.5. The number of hydrogen-bond donors (Lipinski definition) is 1. The smallest absolute Gasteiger partial charge is 0.275 e. The van der Waals surface area contributed by atoms with Crippen LogP contribution in [0.3, 0.4) is 0 Å². The van der Waals surface area contributed by atoms with E-state index in [2.05, 4.69) is 72.0 Å². The average molecular weight is 612 g/mol. The fourth-order valence-electron chi connectivity index (χ4n) is 6.98. The molecule has 1 aromatic carbocycles. The molecular formula is C36H49N7O2. The first kappa shape index (κ1) is 32.6. The average Bonchev–Trinajstić information content (AvgIpc) is 3.58. The molecule has 9 nitrogen and oxygen atoms in total. The van der Waals surface area contributed by atoms with Gasteiger partial charge in [0.2, 0.25) is 0 Å². The molecule has 5 rings (SSSR count). The first-order chi connectivity index (χ1) is 21.1. The van der Waals surface area contributed by atoms with E-state index in [0.717, 1.165) is 61.0 Å². The second-order valence-corrected chi connectivity index (χ2v) is 15.3. The maximum absolute atomic E-state index is 14.7. The Labute approximate surface area is 268 Å². The number of nitrogens with one attached hydrogen (secondary N) is 1. The van der Waals surface area contributed by atoms with Crippen LogP contribution >= 0.6 is 0 Å². The zero-order valence-electron chi connectivity index (χ0n) is 28.3. The molecule has 0 unspecified atom stereocenters.